The van der Waals surface area contributed by atoms with Crippen LogP contribution in [0.1, 0.15) is 5.56 Å². The molecule has 6 nitrogen and oxygen atoms in total. The third kappa shape index (κ3) is 6.12. The summed E-state index contributed by atoms with van der Waals surface area (Å²) in [4.78, 5) is 28.9. The molecule has 3 N–H and O–H groups in total. The maximum absolute atomic E-state index is 13.2. The van der Waals surface area contributed by atoms with Crippen molar-refractivity contribution in [3.05, 3.63) is 52.5 Å². The molecule has 3 rings (SSSR count). The van der Waals surface area contributed by atoms with Crippen LogP contribution in [-0.4, -0.2) is 63.0 Å². The Bertz CT molecular complexity index is 791. The van der Waals surface area contributed by atoms with Crippen LogP contribution in [0.5, 0.6) is 0 Å². The van der Waals surface area contributed by atoms with Crippen molar-refractivity contribution >= 4 is 28.8 Å². The smallest absolute Gasteiger partial charge is 0.279 e. The number of piperazine rings is 1. The van der Waals surface area contributed by atoms with E-state index >= 15 is 0 Å². The molecule has 1 aromatic carbocycles. The molecule has 8 heteroatoms. The summed E-state index contributed by atoms with van der Waals surface area (Å²) in [5, 5.41) is 6.90. The lowest BCUT2D eigenvalue weighted by Gasteiger charge is -2.32. The van der Waals surface area contributed by atoms with Gasteiger partial charge in [-0.15, -0.1) is 0 Å². The van der Waals surface area contributed by atoms with Gasteiger partial charge in [-0.05, 0) is 35.0 Å². The van der Waals surface area contributed by atoms with Gasteiger partial charge in [0, 0.05) is 11.3 Å². The maximum atomic E-state index is 13.2. The number of anilines is 1. The molecule has 2 aromatic rings. The van der Waals surface area contributed by atoms with Gasteiger partial charge in [-0.25, -0.2) is 4.39 Å². The highest BCUT2D eigenvalue weighted by molar-refractivity contribution is 7.07. The summed E-state index contributed by atoms with van der Waals surface area (Å²) in [6.45, 7) is 4.45. The van der Waals surface area contributed by atoms with Crippen LogP contribution < -0.4 is 15.1 Å². The zero-order valence-electron chi connectivity index (χ0n) is 16.0. The highest BCUT2D eigenvalue weighted by Crippen LogP contribution is 2.08. The summed E-state index contributed by atoms with van der Waals surface area (Å²) < 4.78 is 13.2. The van der Waals surface area contributed by atoms with Crippen molar-refractivity contribution in [3.63, 3.8) is 0 Å². The van der Waals surface area contributed by atoms with E-state index in [1.807, 2.05) is 11.9 Å². The molecular formula is C20H27FN4O2S+2. The zero-order valence-corrected chi connectivity index (χ0v) is 16.9. The topological polar surface area (TPSA) is 58.3 Å². The molecule has 1 aromatic heterocycles. The SMILES string of the molecule is C[NH+](CC(=O)N1CC[NH+](CC(=O)Nc2cccc(F)c2)CC1)Cc1ccsc1. The van der Waals surface area contributed by atoms with E-state index in [0.29, 0.717) is 31.9 Å². The number of carbonyl (C=O) groups is 2. The Hall–Kier alpha value is -2.29. The van der Waals surface area contributed by atoms with Crippen LogP contribution in [0.25, 0.3) is 0 Å². The Morgan fingerprint density at radius 3 is 2.75 bits per heavy atom. The monoisotopic (exact) mass is 406 g/mol. The minimum Gasteiger partial charge on any atom is -0.327 e. The first kappa shape index (κ1) is 20.4. The lowest BCUT2D eigenvalue weighted by molar-refractivity contribution is -0.896. The Morgan fingerprint density at radius 1 is 1.29 bits per heavy atom. The number of nitrogens with zero attached hydrogens (tertiary/aromatic N) is 1. The summed E-state index contributed by atoms with van der Waals surface area (Å²) in [6, 6.07) is 7.98. The van der Waals surface area contributed by atoms with Gasteiger partial charge in [-0.2, -0.15) is 11.3 Å². The van der Waals surface area contributed by atoms with Gasteiger partial charge in [0.2, 0.25) is 0 Å². The van der Waals surface area contributed by atoms with Crippen LogP contribution in [0.4, 0.5) is 10.1 Å². The molecule has 2 amide bonds. The van der Waals surface area contributed by atoms with Crippen molar-refractivity contribution in [2.45, 2.75) is 6.54 Å². The van der Waals surface area contributed by atoms with Gasteiger partial charge >= 0.3 is 0 Å². The van der Waals surface area contributed by atoms with E-state index in [2.05, 4.69) is 22.1 Å². The molecule has 150 valence electrons. The third-order valence-corrected chi connectivity index (χ3v) is 5.61. The van der Waals surface area contributed by atoms with E-state index < -0.39 is 0 Å². The minimum atomic E-state index is -0.372. The first-order valence-corrected chi connectivity index (χ1v) is 10.4. The zero-order chi connectivity index (χ0) is 19.9. The molecule has 0 bridgehead atoms. The van der Waals surface area contributed by atoms with Crippen LogP contribution in [0.2, 0.25) is 0 Å². The number of carbonyl (C=O) groups excluding carboxylic acids is 2. The van der Waals surface area contributed by atoms with E-state index in [-0.39, 0.29) is 17.6 Å². The number of halogens is 1. The number of quaternary nitrogens is 2. The van der Waals surface area contributed by atoms with Crippen molar-refractivity contribution in [2.75, 3.05) is 51.6 Å². The number of rotatable bonds is 7. The van der Waals surface area contributed by atoms with Crippen LogP contribution >= 0.6 is 11.3 Å². The molecule has 28 heavy (non-hydrogen) atoms. The number of hydrogen-bond acceptors (Lipinski definition) is 3. The first-order valence-electron chi connectivity index (χ1n) is 9.49. The highest BCUT2D eigenvalue weighted by Gasteiger charge is 2.26. The Morgan fingerprint density at radius 2 is 2.07 bits per heavy atom. The summed E-state index contributed by atoms with van der Waals surface area (Å²) in [5.74, 6) is -0.348. The molecular weight excluding hydrogens is 379 g/mol. The highest BCUT2D eigenvalue weighted by atomic mass is 32.1. The van der Waals surface area contributed by atoms with E-state index in [1.165, 1.54) is 22.6 Å². The predicted molar refractivity (Wildman–Crippen MR) is 107 cm³/mol. The second-order valence-corrected chi connectivity index (χ2v) is 8.09. The number of likely N-dealkylation sites (N-methyl/N-ethyl adjacent to an activating group) is 1. The fourth-order valence-corrected chi connectivity index (χ4v) is 4.09. The number of thiophene rings is 1. The molecule has 1 atom stereocenters. The molecule has 1 aliphatic rings. The van der Waals surface area contributed by atoms with Gasteiger partial charge in [0.1, 0.15) is 12.4 Å². The lowest BCUT2D eigenvalue weighted by atomic mass is 10.2. The molecule has 1 unspecified atom stereocenters. The first-order chi connectivity index (χ1) is 13.5. The van der Waals surface area contributed by atoms with Crippen molar-refractivity contribution in [1.29, 1.82) is 0 Å². The van der Waals surface area contributed by atoms with Gasteiger partial charge in [-0.3, -0.25) is 9.59 Å². The van der Waals surface area contributed by atoms with E-state index in [0.717, 1.165) is 24.5 Å². The van der Waals surface area contributed by atoms with E-state index in [4.69, 9.17) is 0 Å². The molecule has 1 fully saturated rings. The summed E-state index contributed by atoms with van der Waals surface area (Å²) in [7, 11) is 2.04. The van der Waals surface area contributed by atoms with Crippen LogP contribution in [0.3, 0.4) is 0 Å². The molecule has 0 radical (unpaired) electrons. The largest absolute Gasteiger partial charge is 0.327 e. The van der Waals surface area contributed by atoms with Crippen LogP contribution in [0, 0.1) is 5.82 Å². The van der Waals surface area contributed by atoms with Crippen molar-refractivity contribution in [1.82, 2.24) is 4.90 Å². The third-order valence-electron chi connectivity index (χ3n) is 4.88. The van der Waals surface area contributed by atoms with Crippen LogP contribution in [0.15, 0.2) is 41.1 Å². The van der Waals surface area contributed by atoms with Gasteiger partial charge in [0.05, 0.1) is 33.2 Å². The summed E-state index contributed by atoms with van der Waals surface area (Å²) in [5.41, 5.74) is 1.73. The minimum absolute atomic E-state index is 0.139. The normalized spacial score (nSPS) is 16.0. The van der Waals surface area contributed by atoms with Gasteiger partial charge < -0.3 is 20.0 Å². The fourth-order valence-electron chi connectivity index (χ4n) is 3.42. The molecule has 2 heterocycles. The quantitative estimate of drug-likeness (QED) is 0.568. The average molecular weight is 407 g/mol. The molecule has 1 saturated heterocycles. The van der Waals surface area contributed by atoms with E-state index in [9.17, 15) is 14.0 Å². The van der Waals surface area contributed by atoms with E-state index in [1.54, 1.807) is 23.5 Å². The maximum Gasteiger partial charge on any atom is 0.279 e. The Labute approximate surface area is 168 Å². The summed E-state index contributed by atoms with van der Waals surface area (Å²) in [6.07, 6.45) is 0. The standard InChI is InChI=1S/C20H25FN4O2S/c1-23(12-16-5-10-28-15-16)14-20(27)25-8-6-24(7-9-25)13-19(26)22-18-4-2-3-17(21)11-18/h2-5,10-11,15H,6-9,12-14H2,1H3,(H,22,26)/p+2. The van der Waals surface area contributed by atoms with Gasteiger partial charge in [0.25, 0.3) is 11.8 Å². The number of benzene rings is 1. The molecule has 0 saturated carbocycles. The second kappa shape index (κ2) is 9.77. The van der Waals surface area contributed by atoms with Crippen molar-refractivity contribution < 1.29 is 23.8 Å². The summed E-state index contributed by atoms with van der Waals surface area (Å²) >= 11 is 1.67. The molecule has 0 aliphatic carbocycles. The number of amides is 2. The fraction of sp³-hybridized carbons (Fsp3) is 0.400. The average Bonchev–Trinajstić information content (AvgIpc) is 3.15. The number of hydrogen-bond donors (Lipinski definition) is 3. The predicted octanol–water partition coefficient (Wildman–Crippen LogP) is -0.732. The van der Waals surface area contributed by atoms with Gasteiger partial charge in [0.15, 0.2) is 13.1 Å². The Balaban J connectivity index is 1.38. The second-order valence-electron chi connectivity index (χ2n) is 7.31. The van der Waals surface area contributed by atoms with Gasteiger partial charge in [-0.1, -0.05) is 6.07 Å². The van der Waals surface area contributed by atoms with Crippen molar-refractivity contribution in [3.8, 4) is 0 Å². The lowest BCUT2D eigenvalue weighted by Crippen LogP contribution is -3.16. The van der Waals surface area contributed by atoms with Crippen molar-refractivity contribution in [2.24, 2.45) is 0 Å². The molecule has 1 aliphatic heterocycles. The van der Waals surface area contributed by atoms with Crippen LogP contribution in [-0.2, 0) is 16.1 Å². The number of nitrogens with one attached hydrogen (secondary N) is 3. The Kier molecular flexibility index (Phi) is 7.13. The molecule has 0 spiro atoms.